The fraction of sp³-hybridized carbons (Fsp3) is 0.940. The van der Waals surface area contributed by atoms with E-state index in [1.165, 1.54) is 103 Å². The van der Waals surface area contributed by atoms with E-state index in [-0.39, 0.29) is 34.2 Å². The van der Waals surface area contributed by atoms with Crippen LogP contribution >= 0.6 is 0 Å². The SMILES string of the molecule is CCCCCC(CCCCC)CCOC(=O)CCC12CC3CC(CCC(=O)OCCCN(C)C)(C1)CC(CCC(=O)OCCC(CCCCC)CCCCC)(C3)C2. The molecule has 4 aliphatic rings. The maximum absolute atomic E-state index is 13.3. The highest BCUT2D eigenvalue weighted by Gasteiger charge is 2.62. The van der Waals surface area contributed by atoms with Crippen LogP contribution in [0.5, 0.6) is 0 Å². The van der Waals surface area contributed by atoms with Crippen LogP contribution in [0.4, 0.5) is 0 Å². The predicted octanol–water partition coefficient (Wildman–Crippen LogP) is 13.2. The number of esters is 3. The van der Waals surface area contributed by atoms with Gasteiger partial charge in [0.2, 0.25) is 0 Å². The lowest BCUT2D eigenvalue weighted by Gasteiger charge is -2.67. The minimum Gasteiger partial charge on any atom is -0.466 e. The van der Waals surface area contributed by atoms with E-state index in [1.54, 1.807) is 0 Å². The summed E-state index contributed by atoms with van der Waals surface area (Å²) in [5.41, 5.74) is 0.222. The molecule has 0 spiro atoms. The highest BCUT2D eigenvalue weighted by Crippen LogP contribution is 2.73. The summed E-state index contributed by atoms with van der Waals surface area (Å²) in [5.74, 6) is 1.74. The van der Waals surface area contributed by atoms with Crippen LogP contribution in [0.2, 0.25) is 0 Å². The first kappa shape index (κ1) is 49.7. The van der Waals surface area contributed by atoms with E-state index in [1.807, 2.05) is 14.1 Å². The van der Waals surface area contributed by atoms with Gasteiger partial charge in [-0.15, -0.1) is 0 Å². The Kier molecular flexibility index (Phi) is 23.8. The molecule has 332 valence electrons. The Labute approximate surface area is 351 Å². The van der Waals surface area contributed by atoms with Gasteiger partial charge in [-0.3, -0.25) is 14.4 Å². The van der Waals surface area contributed by atoms with Crippen molar-refractivity contribution in [2.75, 3.05) is 40.5 Å². The van der Waals surface area contributed by atoms with Crippen molar-refractivity contribution >= 4 is 17.9 Å². The molecule has 0 N–H and O–H groups in total. The Morgan fingerprint density at radius 3 is 1.14 bits per heavy atom. The van der Waals surface area contributed by atoms with Crippen LogP contribution in [0.25, 0.3) is 0 Å². The quantitative estimate of drug-likeness (QED) is 0.0358. The molecule has 4 saturated carbocycles. The lowest BCUT2D eigenvalue weighted by atomic mass is 9.37. The number of rotatable bonds is 35. The molecule has 7 nitrogen and oxygen atoms in total. The molecule has 2 unspecified atom stereocenters. The molecule has 0 aliphatic heterocycles. The van der Waals surface area contributed by atoms with Gasteiger partial charge in [-0.05, 0) is 125 Å². The molecule has 4 rings (SSSR count). The second-order valence-electron chi connectivity index (χ2n) is 20.1. The van der Waals surface area contributed by atoms with Gasteiger partial charge in [0.25, 0.3) is 0 Å². The van der Waals surface area contributed by atoms with Gasteiger partial charge in [0, 0.05) is 25.8 Å². The standard InChI is InChI=1S/C50H91NO6/c1-7-11-15-20-42(21-16-12-8-2)27-34-56-46(53)25-30-49-37-44-36-48(39-49,29-24-45(52)55-33-19-32-51(5)6)40-50(38-44,41-49)31-26-47(54)57-35-28-43(22-17-13-9-3)23-18-14-10-4/h42-44H,7-41H2,1-6H3. The van der Waals surface area contributed by atoms with Crippen LogP contribution in [0.15, 0.2) is 0 Å². The molecule has 4 bridgehead atoms. The van der Waals surface area contributed by atoms with Crippen LogP contribution < -0.4 is 0 Å². The molecule has 0 radical (unpaired) electrons. The summed E-state index contributed by atoms with van der Waals surface area (Å²) < 4.78 is 17.6. The van der Waals surface area contributed by atoms with Gasteiger partial charge in [-0.1, -0.05) is 130 Å². The van der Waals surface area contributed by atoms with Gasteiger partial charge in [0.15, 0.2) is 0 Å². The first-order valence-corrected chi connectivity index (χ1v) is 24.6. The average molecular weight is 802 g/mol. The van der Waals surface area contributed by atoms with Crippen molar-refractivity contribution in [3.63, 3.8) is 0 Å². The van der Waals surface area contributed by atoms with Crippen LogP contribution in [-0.2, 0) is 28.6 Å². The first-order valence-electron chi connectivity index (χ1n) is 24.6. The average Bonchev–Trinajstić information content (AvgIpc) is 3.17. The number of carbonyl (C=O) groups is 3. The van der Waals surface area contributed by atoms with E-state index in [9.17, 15) is 14.4 Å². The number of unbranched alkanes of at least 4 members (excludes halogenated alkanes) is 8. The molecule has 4 aliphatic carbocycles. The molecule has 0 saturated heterocycles. The van der Waals surface area contributed by atoms with E-state index < -0.39 is 0 Å². The van der Waals surface area contributed by atoms with E-state index in [2.05, 4.69) is 32.6 Å². The van der Waals surface area contributed by atoms with Crippen molar-refractivity contribution in [1.82, 2.24) is 4.90 Å². The highest BCUT2D eigenvalue weighted by molar-refractivity contribution is 5.70. The molecule has 0 aromatic heterocycles. The summed E-state index contributed by atoms with van der Waals surface area (Å²) in [6.07, 6.45) is 33.8. The van der Waals surface area contributed by atoms with Gasteiger partial charge in [-0.2, -0.15) is 0 Å². The van der Waals surface area contributed by atoms with Crippen LogP contribution in [0, 0.1) is 34.0 Å². The van der Waals surface area contributed by atoms with Gasteiger partial charge in [0.1, 0.15) is 0 Å². The van der Waals surface area contributed by atoms with E-state index >= 15 is 0 Å². The number of hydrogen-bond donors (Lipinski definition) is 0. The summed E-state index contributed by atoms with van der Waals surface area (Å²) >= 11 is 0. The third-order valence-electron chi connectivity index (χ3n) is 14.4. The third kappa shape index (κ3) is 19.1. The van der Waals surface area contributed by atoms with Crippen molar-refractivity contribution in [1.29, 1.82) is 0 Å². The zero-order chi connectivity index (χ0) is 41.4. The van der Waals surface area contributed by atoms with E-state index in [0.29, 0.717) is 56.8 Å². The Morgan fingerprint density at radius 2 is 0.825 bits per heavy atom. The largest absolute Gasteiger partial charge is 0.466 e. The van der Waals surface area contributed by atoms with Crippen molar-refractivity contribution in [2.45, 2.75) is 227 Å². The fourth-order valence-electron chi connectivity index (χ4n) is 12.1. The highest BCUT2D eigenvalue weighted by atomic mass is 16.5. The van der Waals surface area contributed by atoms with Crippen molar-refractivity contribution < 1.29 is 28.6 Å². The fourth-order valence-corrected chi connectivity index (χ4v) is 12.1. The summed E-state index contributed by atoms with van der Waals surface area (Å²) in [5, 5.41) is 0. The first-order chi connectivity index (χ1) is 27.5. The zero-order valence-electron chi connectivity index (χ0n) is 38.4. The summed E-state index contributed by atoms with van der Waals surface area (Å²) in [6, 6.07) is 0. The lowest BCUT2D eigenvalue weighted by Crippen LogP contribution is -2.57. The molecule has 7 heteroatoms. The molecule has 57 heavy (non-hydrogen) atoms. The smallest absolute Gasteiger partial charge is 0.305 e. The molecular weight excluding hydrogens is 711 g/mol. The number of ether oxygens (including phenoxy) is 3. The number of carbonyl (C=O) groups excluding carboxylic acids is 3. The van der Waals surface area contributed by atoms with Crippen molar-refractivity contribution in [2.24, 2.45) is 34.0 Å². The molecule has 0 heterocycles. The predicted molar refractivity (Wildman–Crippen MR) is 235 cm³/mol. The molecule has 0 amide bonds. The molecule has 0 aromatic rings. The molecule has 0 aromatic carbocycles. The second kappa shape index (κ2) is 27.3. The second-order valence-corrected chi connectivity index (χ2v) is 20.1. The van der Waals surface area contributed by atoms with Gasteiger partial charge in [0.05, 0.1) is 19.8 Å². The topological polar surface area (TPSA) is 82.1 Å². The van der Waals surface area contributed by atoms with Crippen LogP contribution in [0.1, 0.15) is 227 Å². The summed E-state index contributed by atoms with van der Waals surface area (Å²) in [7, 11) is 4.09. The van der Waals surface area contributed by atoms with Crippen LogP contribution in [0.3, 0.4) is 0 Å². The van der Waals surface area contributed by atoms with Gasteiger partial charge < -0.3 is 19.1 Å². The maximum atomic E-state index is 13.3. The Morgan fingerprint density at radius 1 is 0.491 bits per heavy atom. The lowest BCUT2D eigenvalue weighted by molar-refractivity contribution is -0.177. The molecule has 2 atom stereocenters. The minimum absolute atomic E-state index is 0.0396. The zero-order valence-corrected chi connectivity index (χ0v) is 38.4. The Bertz CT molecular complexity index is 1040. The Balaban J connectivity index is 1.61. The maximum Gasteiger partial charge on any atom is 0.305 e. The van der Waals surface area contributed by atoms with E-state index in [4.69, 9.17) is 14.2 Å². The monoisotopic (exact) mass is 802 g/mol. The number of nitrogens with zero attached hydrogens (tertiary/aromatic N) is 1. The van der Waals surface area contributed by atoms with Crippen molar-refractivity contribution in [3.8, 4) is 0 Å². The van der Waals surface area contributed by atoms with Crippen LogP contribution in [-0.4, -0.2) is 63.3 Å². The van der Waals surface area contributed by atoms with Crippen molar-refractivity contribution in [3.05, 3.63) is 0 Å². The molecule has 4 fully saturated rings. The Hall–Kier alpha value is -1.63. The van der Waals surface area contributed by atoms with Gasteiger partial charge in [-0.25, -0.2) is 0 Å². The summed E-state index contributed by atoms with van der Waals surface area (Å²) in [6.45, 7) is 11.5. The number of hydrogen-bond acceptors (Lipinski definition) is 7. The molecular formula is C50H91NO6. The van der Waals surface area contributed by atoms with Gasteiger partial charge >= 0.3 is 17.9 Å². The normalized spacial score (nSPS) is 23.8. The minimum atomic E-state index is -0.0786. The van der Waals surface area contributed by atoms with E-state index in [0.717, 1.165) is 83.6 Å². The third-order valence-corrected chi connectivity index (χ3v) is 14.4. The summed E-state index contributed by atoms with van der Waals surface area (Å²) in [4.78, 5) is 41.8.